The number of aromatic carboxylic acids is 1. The fourth-order valence-corrected chi connectivity index (χ4v) is 2.63. The number of hydrogen-bond acceptors (Lipinski definition) is 4. The predicted octanol–water partition coefficient (Wildman–Crippen LogP) is 2.44. The van der Waals surface area contributed by atoms with Crippen molar-refractivity contribution in [1.29, 1.82) is 0 Å². The molecule has 1 saturated heterocycles. The largest absolute Gasteiger partial charge is 0.478 e. The Morgan fingerprint density at radius 2 is 2.47 bits per heavy atom. The number of pyridine rings is 1. The van der Waals surface area contributed by atoms with E-state index in [2.05, 4.69) is 4.98 Å². The van der Waals surface area contributed by atoms with Crippen molar-refractivity contribution in [2.75, 3.05) is 24.6 Å². The Kier molecular flexibility index (Phi) is 4.61. The first-order chi connectivity index (χ1) is 9.13. The zero-order valence-corrected chi connectivity index (χ0v) is 11.6. The Bertz CT molecular complexity index is 465. The molecule has 6 heteroatoms. The first-order valence-corrected chi connectivity index (χ1v) is 6.75. The summed E-state index contributed by atoms with van der Waals surface area (Å²) in [4.78, 5) is 17.3. The van der Waals surface area contributed by atoms with Crippen molar-refractivity contribution in [2.45, 2.75) is 25.9 Å². The first kappa shape index (κ1) is 14.1. The number of aromatic nitrogens is 1. The minimum absolute atomic E-state index is 0.0881. The van der Waals surface area contributed by atoms with Crippen LogP contribution in [-0.2, 0) is 4.74 Å². The number of carbonyl (C=O) groups is 1. The molecule has 1 fully saturated rings. The molecule has 0 aliphatic carbocycles. The first-order valence-electron chi connectivity index (χ1n) is 6.37. The van der Waals surface area contributed by atoms with Gasteiger partial charge >= 0.3 is 5.97 Å². The number of nitrogens with zero attached hydrogens (tertiary/aromatic N) is 2. The van der Waals surface area contributed by atoms with Crippen molar-refractivity contribution in [2.24, 2.45) is 0 Å². The van der Waals surface area contributed by atoms with Gasteiger partial charge in [-0.1, -0.05) is 11.6 Å². The highest BCUT2D eigenvalue weighted by molar-refractivity contribution is 6.35. The van der Waals surface area contributed by atoms with Crippen molar-refractivity contribution < 1.29 is 14.6 Å². The molecule has 0 radical (unpaired) electrons. The highest BCUT2D eigenvalue weighted by Gasteiger charge is 2.24. The van der Waals surface area contributed by atoms with E-state index >= 15 is 0 Å². The molecular formula is C13H17ClN2O3. The number of carboxylic acids is 1. The number of ether oxygens (including phenoxy) is 1. The Hall–Kier alpha value is -1.33. The van der Waals surface area contributed by atoms with Crippen LogP contribution in [0.3, 0.4) is 0 Å². The fraction of sp³-hybridized carbons (Fsp3) is 0.538. The van der Waals surface area contributed by atoms with Gasteiger partial charge in [-0.15, -0.1) is 0 Å². The molecule has 0 amide bonds. The molecule has 0 spiro atoms. The van der Waals surface area contributed by atoms with Crippen LogP contribution in [0.25, 0.3) is 0 Å². The van der Waals surface area contributed by atoms with Crippen molar-refractivity contribution >= 4 is 23.4 Å². The molecule has 1 aliphatic heterocycles. The highest BCUT2D eigenvalue weighted by Crippen LogP contribution is 2.29. The summed E-state index contributed by atoms with van der Waals surface area (Å²) in [5.41, 5.74) is 0.0881. The summed E-state index contributed by atoms with van der Waals surface area (Å²) < 4.78 is 5.62. The monoisotopic (exact) mass is 284 g/mol. The van der Waals surface area contributed by atoms with Crippen molar-refractivity contribution in [1.82, 2.24) is 4.98 Å². The normalized spacial score (nSPS) is 19.5. The minimum atomic E-state index is -1.04. The zero-order valence-electron chi connectivity index (χ0n) is 10.8. The summed E-state index contributed by atoms with van der Waals surface area (Å²) in [5, 5.41) is 9.27. The lowest BCUT2D eigenvalue weighted by Crippen LogP contribution is -2.40. The predicted molar refractivity (Wildman–Crippen MR) is 73.1 cm³/mol. The number of anilines is 1. The van der Waals surface area contributed by atoms with Crippen molar-refractivity contribution in [3.63, 3.8) is 0 Å². The van der Waals surface area contributed by atoms with Gasteiger partial charge in [-0.05, 0) is 25.8 Å². The van der Waals surface area contributed by atoms with E-state index in [1.165, 1.54) is 12.3 Å². The molecule has 104 valence electrons. The third kappa shape index (κ3) is 3.16. The van der Waals surface area contributed by atoms with Gasteiger partial charge in [0.05, 0.1) is 16.7 Å². The molecule has 1 aliphatic rings. The molecular weight excluding hydrogens is 268 g/mol. The van der Waals surface area contributed by atoms with Crippen LogP contribution in [0.2, 0.25) is 5.02 Å². The van der Waals surface area contributed by atoms with Crippen LogP contribution < -0.4 is 4.90 Å². The van der Waals surface area contributed by atoms with E-state index in [9.17, 15) is 4.79 Å². The molecule has 1 N–H and O–H groups in total. The van der Waals surface area contributed by atoms with Gasteiger partial charge < -0.3 is 14.7 Å². The molecule has 2 heterocycles. The average molecular weight is 285 g/mol. The van der Waals surface area contributed by atoms with Gasteiger partial charge in [0, 0.05) is 25.9 Å². The maximum atomic E-state index is 11.1. The zero-order chi connectivity index (χ0) is 13.8. The molecule has 2 rings (SSSR count). The Morgan fingerprint density at radius 3 is 3.16 bits per heavy atom. The lowest BCUT2D eigenvalue weighted by atomic mass is 10.1. The van der Waals surface area contributed by atoms with Gasteiger partial charge in [0.15, 0.2) is 0 Å². The van der Waals surface area contributed by atoms with Crippen LogP contribution >= 0.6 is 11.6 Å². The topological polar surface area (TPSA) is 62.7 Å². The van der Waals surface area contributed by atoms with E-state index in [0.29, 0.717) is 19.0 Å². The standard InChI is InChI=1S/C13H17ClN2O3/c1-2-19-9-4-3-7-16(8-9)12-11(14)10(13(17)18)5-6-15-12/h5-6,9H,2-4,7-8H2,1H3,(H,17,18). The van der Waals surface area contributed by atoms with Gasteiger partial charge in [-0.25, -0.2) is 9.78 Å². The summed E-state index contributed by atoms with van der Waals surface area (Å²) >= 11 is 6.14. The number of hydrogen-bond donors (Lipinski definition) is 1. The van der Waals surface area contributed by atoms with Crippen LogP contribution in [-0.4, -0.2) is 41.9 Å². The summed E-state index contributed by atoms with van der Waals surface area (Å²) in [5.74, 6) is -0.502. The third-order valence-corrected chi connectivity index (χ3v) is 3.55. The minimum Gasteiger partial charge on any atom is -0.478 e. The quantitative estimate of drug-likeness (QED) is 0.920. The molecule has 0 aromatic carbocycles. The van der Waals surface area contributed by atoms with E-state index < -0.39 is 5.97 Å². The maximum Gasteiger partial charge on any atom is 0.337 e. The lowest BCUT2D eigenvalue weighted by Gasteiger charge is -2.33. The van der Waals surface area contributed by atoms with Gasteiger partial charge in [-0.2, -0.15) is 0 Å². The second kappa shape index (κ2) is 6.21. The summed E-state index contributed by atoms with van der Waals surface area (Å²) in [7, 11) is 0. The molecule has 1 aromatic heterocycles. The average Bonchev–Trinajstić information content (AvgIpc) is 2.39. The summed E-state index contributed by atoms with van der Waals surface area (Å²) in [6, 6.07) is 1.41. The van der Waals surface area contributed by atoms with Crippen LogP contribution in [0.5, 0.6) is 0 Å². The van der Waals surface area contributed by atoms with Crippen LogP contribution in [0, 0.1) is 0 Å². The van der Waals surface area contributed by atoms with Gasteiger partial charge in [-0.3, -0.25) is 0 Å². The van der Waals surface area contributed by atoms with Crippen molar-refractivity contribution in [3.8, 4) is 0 Å². The molecule has 1 atom stereocenters. The third-order valence-electron chi connectivity index (χ3n) is 3.18. The Labute approximate surface area is 117 Å². The van der Waals surface area contributed by atoms with E-state index in [4.69, 9.17) is 21.4 Å². The highest BCUT2D eigenvalue weighted by atomic mass is 35.5. The Balaban J connectivity index is 2.21. The number of rotatable bonds is 4. The van der Waals surface area contributed by atoms with Gasteiger partial charge in [0.1, 0.15) is 5.82 Å². The van der Waals surface area contributed by atoms with Gasteiger partial charge in [0.25, 0.3) is 0 Å². The fourth-order valence-electron chi connectivity index (χ4n) is 2.32. The molecule has 1 unspecified atom stereocenters. The molecule has 0 bridgehead atoms. The second-order valence-corrected chi connectivity index (χ2v) is 4.84. The number of piperidine rings is 1. The second-order valence-electron chi connectivity index (χ2n) is 4.47. The number of carboxylic acid groups (broad SMARTS) is 1. The Morgan fingerprint density at radius 1 is 1.68 bits per heavy atom. The van der Waals surface area contributed by atoms with Gasteiger partial charge in [0.2, 0.25) is 0 Å². The molecule has 1 aromatic rings. The van der Waals surface area contributed by atoms with Crippen LogP contribution in [0.15, 0.2) is 12.3 Å². The molecule has 0 saturated carbocycles. The van der Waals surface area contributed by atoms with Crippen LogP contribution in [0.1, 0.15) is 30.1 Å². The summed E-state index contributed by atoms with van der Waals surface area (Å²) in [6.07, 6.45) is 3.64. The van der Waals surface area contributed by atoms with E-state index in [1.807, 2.05) is 11.8 Å². The molecule has 5 nitrogen and oxygen atoms in total. The SMILES string of the molecule is CCOC1CCCN(c2nccc(C(=O)O)c2Cl)C1. The van der Waals surface area contributed by atoms with Crippen LogP contribution in [0.4, 0.5) is 5.82 Å². The van der Waals surface area contributed by atoms with E-state index in [1.54, 1.807) is 0 Å². The van der Waals surface area contributed by atoms with Crippen molar-refractivity contribution in [3.05, 3.63) is 22.8 Å². The smallest absolute Gasteiger partial charge is 0.337 e. The molecule has 19 heavy (non-hydrogen) atoms. The van der Waals surface area contributed by atoms with E-state index in [-0.39, 0.29) is 16.7 Å². The number of halogens is 1. The summed E-state index contributed by atoms with van der Waals surface area (Å²) in [6.45, 7) is 4.16. The van der Waals surface area contributed by atoms with E-state index in [0.717, 1.165) is 19.4 Å². The maximum absolute atomic E-state index is 11.1. The lowest BCUT2D eigenvalue weighted by molar-refractivity contribution is 0.0525.